The Labute approximate surface area is 181 Å². The van der Waals surface area contributed by atoms with E-state index in [1.807, 2.05) is 0 Å². The predicted molar refractivity (Wildman–Crippen MR) is 105 cm³/mol. The van der Waals surface area contributed by atoms with E-state index in [2.05, 4.69) is 0 Å². The first-order valence-corrected chi connectivity index (χ1v) is 9.88. The van der Waals surface area contributed by atoms with Gasteiger partial charge in [-0.2, -0.15) is 0 Å². The fourth-order valence-electron chi connectivity index (χ4n) is 4.15. The zero-order valence-electron chi connectivity index (χ0n) is 16.6. The summed E-state index contributed by atoms with van der Waals surface area (Å²) in [6.45, 7) is -0.684. The van der Waals surface area contributed by atoms with Gasteiger partial charge in [0.25, 0.3) is 0 Å². The Hall–Kier alpha value is -2.80. The quantitative estimate of drug-likeness (QED) is 0.260. The standard InChI is InChI=1S/C21H24O11/c22-6-14-17(28)18(29)19(30)21(32-14)15-11(25)5-13-8(16(15)27)4-12(26)20(31-13)7-1-2-9(23)10(24)3-7/h1-3,5,12,14,17-30H,4,6H2/t12-,14?,17+,18-,19?,20+,21-/m0/s1. The smallest absolute Gasteiger partial charge is 0.157 e. The molecule has 2 unspecified atom stereocenters. The van der Waals surface area contributed by atoms with Crippen LogP contribution in [-0.2, 0) is 11.2 Å². The highest BCUT2D eigenvalue weighted by atomic mass is 16.5. The highest BCUT2D eigenvalue weighted by molar-refractivity contribution is 5.59. The van der Waals surface area contributed by atoms with Crippen LogP contribution in [0.15, 0.2) is 24.3 Å². The van der Waals surface area contributed by atoms with Crippen molar-refractivity contribution in [3.8, 4) is 28.7 Å². The molecule has 0 bridgehead atoms. The van der Waals surface area contributed by atoms with Crippen molar-refractivity contribution in [3.63, 3.8) is 0 Å². The summed E-state index contributed by atoms with van der Waals surface area (Å²) in [5.41, 5.74) is 0.147. The molecule has 1 saturated heterocycles. The Kier molecular flexibility index (Phi) is 5.79. The minimum Gasteiger partial charge on any atom is -0.507 e. The summed E-state index contributed by atoms with van der Waals surface area (Å²) < 4.78 is 11.2. The first-order chi connectivity index (χ1) is 15.1. The van der Waals surface area contributed by atoms with E-state index in [1.54, 1.807) is 0 Å². The molecular weight excluding hydrogens is 428 g/mol. The van der Waals surface area contributed by atoms with Gasteiger partial charge < -0.3 is 55.4 Å². The molecule has 7 atom stereocenters. The van der Waals surface area contributed by atoms with E-state index in [-0.39, 0.29) is 29.0 Å². The van der Waals surface area contributed by atoms with Gasteiger partial charge in [-0.15, -0.1) is 0 Å². The van der Waals surface area contributed by atoms with E-state index in [0.717, 1.165) is 6.07 Å². The van der Waals surface area contributed by atoms with Crippen LogP contribution < -0.4 is 4.74 Å². The largest absolute Gasteiger partial charge is 0.507 e. The van der Waals surface area contributed by atoms with Gasteiger partial charge in [-0.05, 0) is 17.7 Å². The van der Waals surface area contributed by atoms with Crippen molar-refractivity contribution < 1.29 is 55.4 Å². The average molecular weight is 452 g/mol. The summed E-state index contributed by atoms with van der Waals surface area (Å²) in [5.74, 6) is -1.83. The summed E-state index contributed by atoms with van der Waals surface area (Å²) in [5, 5.41) is 90.9. The molecule has 0 aromatic heterocycles. The molecule has 32 heavy (non-hydrogen) atoms. The number of aliphatic hydroxyl groups is 5. The van der Waals surface area contributed by atoms with Gasteiger partial charge in [-0.3, -0.25) is 0 Å². The first kappa shape index (κ1) is 22.4. The second-order valence-electron chi connectivity index (χ2n) is 7.94. The van der Waals surface area contributed by atoms with Crippen LogP contribution in [0.25, 0.3) is 0 Å². The molecule has 174 valence electrons. The van der Waals surface area contributed by atoms with Crippen LogP contribution in [0.5, 0.6) is 28.7 Å². The first-order valence-electron chi connectivity index (χ1n) is 9.88. The number of phenols is 4. The highest BCUT2D eigenvalue weighted by Crippen LogP contribution is 2.49. The number of aliphatic hydroxyl groups excluding tert-OH is 5. The van der Waals surface area contributed by atoms with Crippen molar-refractivity contribution >= 4 is 0 Å². The molecular formula is C21H24O11. The molecule has 0 saturated carbocycles. The van der Waals surface area contributed by atoms with Crippen LogP contribution in [0.2, 0.25) is 0 Å². The second kappa shape index (κ2) is 8.28. The number of hydrogen-bond donors (Lipinski definition) is 9. The number of ether oxygens (including phenoxy) is 2. The molecule has 1 fully saturated rings. The molecule has 0 aliphatic carbocycles. The van der Waals surface area contributed by atoms with Crippen molar-refractivity contribution in [1.82, 2.24) is 0 Å². The molecule has 2 aliphatic heterocycles. The highest BCUT2D eigenvalue weighted by Gasteiger charge is 2.46. The number of aromatic hydroxyl groups is 4. The fourth-order valence-corrected chi connectivity index (χ4v) is 4.15. The molecule has 11 heteroatoms. The van der Waals surface area contributed by atoms with Crippen LogP contribution in [0, 0.1) is 0 Å². The third kappa shape index (κ3) is 3.58. The zero-order chi connectivity index (χ0) is 23.3. The van der Waals surface area contributed by atoms with Crippen molar-refractivity contribution in [2.45, 2.75) is 49.1 Å². The molecule has 11 nitrogen and oxygen atoms in total. The molecule has 2 aromatic rings. The lowest BCUT2D eigenvalue weighted by molar-refractivity contribution is -0.232. The molecule has 0 spiro atoms. The number of fused-ring (bicyclic) bond motifs is 1. The molecule has 0 radical (unpaired) electrons. The van der Waals surface area contributed by atoms with Crippen LogP contribution >= 0.6 is 0 Å². The van der Waals surface area contributed by atoms with Gasteiger partial charge in [-0.1, -0.05) is 6.07 Å². The monoisotopic (exact) mass is 452 g/mol. The van der Waals surface area contributed by atoms with E-state index in [1.165, 1.54) is 18.2 Å². The Balaban J connectivity index is 1.70. The minimum absolute atomic E-state index is 0.0243. The molecule has 9 N–H and O–H groups in total. The summed E-state index contributed by atoms with van der Waals surface area (Å²) in [6, 6.07) is 5.03. The Morgan fingerprint density at radius 3 is 2.19 bits per heavy atom. The maximum absolute atomic E-state index is 10.8. The van der Waals surface area contributed by atoms with Crippen LogP contribution in [0.3, 0.4) is 0 Å². The van der Waals surface area contributed by atoms with Gasteiger partial charge in [0, 0.05) is 18.1 Å². The van der Waals surface area contributed by atoms with E-state index in [4.69, 9.17) is 9.47 Å². The number of benzene rings is 2. The SMILES string of the molecule is OCC1O[C@@H](c2c(O)cc3c(c2O)C[C@H](O)[C@@H](c2ccc(O)c(O)c2)O3)C(O)[C@@H](O)[C@@H]1O. The van der Waals surface area contributed by atoms with E-state index in [0.29, 0.717) is 5.56 Å². The Morgan fingerprint density at radius 2 is 1.53 bits per heavy atom. The summed E-state index contributed by atoms with van der Waals surface area (Å²) >= 11 is 0. The fraction of sp³-hybridized carbons (Fsp3) is 0.429. The van der Waals surface area contributed by atoms with Crippen molar-refractivity contribution in [3.05, 3.63) is 41.0 Å². The Bertz CT molecular complexity index is 1010. The maximum Gasteiger partial charge on any atom is 0.157 e. The van der Waals surface area contributed by atoms with Crippen molar-refractivity contribution in [1.29, 1.82) is 0 Å². The normalized spacial score (nSPS) is 32.2. The molecule has 2 aromatic carbocycles. The summed E-state index contributed by atoms with van der Waals surface area (Å²) in [7, 11) is 0. The van der Waals surface area contributed by atoms with Gasteiger partial charge in [-0.25, -0.2) is 0 Å². The van der Waals surface area contributed by atoms with E-state index < -0.39 is 66.6 Å². The lowest BCUT2D eigenvalue weighted by Crippen LogP contribution is -2.55. The van der Waals surface area contributed by atoms with Gasteiger partial charge >= 0.3 is 0 Å². The summed E-state index contributed by atoms with van der Waals surface area (Å²) in [6.07, 6.45) is -10.1. The van der Waals surface area contributed by atoms with Gasteiger partial charge in [0.05, 0.1) is 18.3 Å². The third-order valence-electron chi connectivity index (χ3n) is 5.90. The molecule has 2 aliphatic rings. The maximum atomic E-state index is 10.8. The second-order valence-corrected chi connectivity index (χ2v) is 7.94. The lowest BCUT2D eigenvalue weighted by Gasteiger charge is -2.41. The van der Waals surface area contributed by atoms with Crippen LogP contribution in [0.4, 0.5) is 0 Å². The van der Waals surface area contributed by atoms with Gasteiger partial charge in [0.1, 0.15) is 53.9 Å². The van der Waals surface area contributed by atoms with E-state index >= 15 is 0 Å². The van der Waals surface area contributed by atoms with Crippen molar-refractivity contribution in [2.24, 2.45) is 0 Å². The van der Waals surface area contributed by atoms with Crippen molar-refractivity contribution in [2.75, 3.05) is 6.61 Å². The topological polar surface area (TPSA) is 201 Å². The Morgan fingerprint density at radius 1 is 0.812 bits per heavy atom. The minimum atomic E-state index is -1.73. The van der Waals surface area contributed by atoms with Crippen LogP contribution in [-0.4, -0.2) is 83.1 Å². The summed E-state index contributed by atoms with van der Waals surface area (Å²) in [4.78, 5) is 0. The average Bonchev–Trinajstić information content (AvgIpc) is 2.76. The molecule has 0 amide bonds. The third-order valence-corrected chi connectivity index (χ3v) is 5.90. The predicted octanol–water partition coefficient (Wildman–Crippen LogP) is -0.939. The zero-order valence-corrected chi connectivity index (χ0v) is 16.6. The molecule has 2 heterocycles. The number of rotatable bonds is 3. The van der Waals surface area contributed by atoms with Gasteiger partial charge in [0.2, 0.25) is 0 Å². The van der Waals surface area contributed by atoms with Crippen LogP contribution in [0.1, 0.15) is 28.9 Å². The van der Waals surface area contributed by atoms with E-state index in [9.17, 15) is 46.0 Å². The van der Waals surface area contributed by atoms with Gasteiger partial charge in [0.15, 0.2) is 11.5 Å². The molecule has 4 rings (SSSR count). The lowest BCUT2D eigenvalue weighted by atomic mass is 9.87. The number of hydrogen-bond acceptors (Lipinski definition) is 11. The number of phenolic OH excluding ortho intramolecular Hbond substituents is 4.